The molecule has 0 aliphatic heterocycles. The zero-order chi connectivity index (χ0) is 53.4. The second-order valence-corrected chi connectivity index (χ2v) is 23.3. The Bertz CT molecular complexity index is 1590. The molecule has 0 heterocycles. The third-order valence-corrected chi connectivity index (χ3v) is 16.1. The van der Waals surface area contributed by atoms with Gasteiger partial charge >= 0.3 is 0 Å². The van der Waals surface area contributed by atoms with Crippen LogP contribution in [0.3, 0.4) is 0 Å². The molecule has 2 heteroatoms. The molecule has 75 heavy (non-hydrogen) atoms. The molecule has 0 atom stereocenters. The van der Waals surface area contributed by atoms with E-state index >= 15 is 0 Å². The summed E-state index contributed by atoms with van der Waals surface area (Å²) < 4.78 is 0. The van der Waals surface area contributed by atoms with E-state index in [0.717, 1.165) is 42.1 Å². The minimum Gasteiger partial charge on any atom is -0.252 e. The predicted molar refractivity (Wildman–Crippen MR) is 343 cm³/mol. The summed E-state index contributed by atoms with van der Waals surface area (Å²) in [6, 6.07) is 17.7. The first-order valence-electron chi connectivity index (χ1n) is 33.9. The fourth-order valence-corrected chi connectivity index (χ4v) is 11.0. The first-order valence-corrected chi connectivity index (χ1v) is 33.9. The van der Waals surface area contributed by atoms with E-state index < -0.39 is 0 Å². The highest BCUT2D eigenvalue weighted by Gasteiger charge is 2.09. The lowest BCUT2D eigenvalue weighted by Crippen LogP contribution is -2.13. The normalized spacial score (nSPS) is 12.4. The van der Waals surface area contributed by atoms with E-state index in [4.69, 9.17) is 9.98 Å². The third-order valence-electron chi connectivity index (χ3n) is 16.1. The van der Waals surface area contributed by atoms with Gasteiger partial charge in [0.2, 0.25) is 0 Å². The van der Waals surface area contributed by atoms with Gasteiger partial charge < -0.3 is 0 Å². The zero-order valence-electron chi connectivity index (χ0n) is 50.9. The van der Waals surface area contributed by atoms with Crippen LogP contribution in [0.2, 0.25) is 0 Å². The highest BCUT2D eigenvalue weighted by Crippen LogP contribution is 2.23. The standard InChI is InChI=1S/C73H126N2/c1-5-9-12-14-16-18-20-22-24-26-28-30-32-34-36-38-40-42-44-46-48-50-52-55-57-68-60-64-70(65-61-68)74-72(8-4)73(59-54-11-7-3)75-71-66-62-69(63-67-71)58-56-53-51-49-47-45-43-41-39-37-35-33-31-29-27-25-23-21-19-17-15-13-10-6-2/h55-58,60-67H,5-54,59H2,1-4H3. The van der Waals surface area contributed by atoms with Crippen LogP contribution >= 0.6 is 0 Å². The fraction of sp³-hybridized carbons (Fsp3) is 0.753. The summed E-state index contributed by atoms with van der Waals surface area (Å²) in [6.45, 7) is 9.12. The summed E-state index contributed by atoms with van der Waals surface area (Å²) in [5.41, 5.74) is 6.85. The molecule has 0 fully saturated rings. The average molecular weight is 1030 g/mol. The summed E-state index contributed by atoms with van der Waals surface area (Å²) in [5, 5.41) is 0. The number of hydrogen-bond acceptors (Lipinski definition) is 2. The Labute approximate surface area is 469 Å². The third kappa shape index (κ3) is 43.9. The number of rotatable bonds is 56. The van der Waals surface area contributed by atoms with Crippen LogP contribution in [0.4, 0.5) is 11.4 Å². The van der Waals surface area contributed by atoms with Crippen molar-refractivity contribution in [3.05, 3.63) is 71.8 Å². The van der Waals surface area contributed by atoms with Crippen LogP contribution in [0, 0.1) is 0 Å². The van der Waals surface area contributed by atoms with E-state index in [1.165, 1.54) is 319 Å². The molecule has 0 saturated heterocycles. The van der Waals surface area contributed by atoms with Crippen molar-refractivity contribution in [2.24, 2.45) is 9.98 Å². The van der Waals surface area contributed by atoms with E-state index in [2.05, 4.69) is 101 Å². The molecule has 0 saturated carbocycles. The zero-order valence-corrected chi connectivity index (χ0v) is 50.9. The molecule has 0 N–H and O–H groups in total. The summed E-state index contributed by atoms with van der Waals surface area (Å²) in [7, 11) is 0. The SMILES string of the molecule is CCCCCCCCCCCCCCCCCCCCCCCCC=Cc1ccc(N=C(CC)C(CCCCC)=Nc2ccc(C=CCCCCCCCCCCCCCCCCCCCCCCCC)cc2)cc1. The summed E-state index contributed by atoms with van der Waals surface area (Å²) in [4.78, 5) is 10.4. The first kappa shape index (κ1) is 68.4. The van der Waals surface area contributed by atoms with Gasteiger partial charge in [-0.1, -0.05) is 359 Å². The Hall–Kier alpha value is -2.74. The Balaban J connectivity index is 1.54. The molecule has 0 amide bonds. The van der Waals surface area contributed by atoms with Gasteiger partial charge in [-0.15, -0.1) is 0 Å². The Morgan fingerprint density at radius 3 is 0.747 bits per heavy atom. The molecule has 0 unspecified atom stereocenters. The van der Waals surface area contributed by atoms with Gasteiger partial charge in [0, 0.05) is 0 Å². The van der Waals surface area contributed by atoms with Crippen molar-refractivity contribution in [2.75, 3.05) is 0 Å². The molecule has 428 valence electrons. The second-order valence-electron chi connectivity index (χ2n) is 23.3. The van der Waals surface area contributed by atoms with Crippen molar-refractivity contribution in [3.63, 3.8) is 0 Å². The van der Waals surface area contributed by atoms with Gasteiger partial charge in [-0.05, 0) is 80.3 Å². The Morgan fingerprint density at radius 1 is 0.267 bits per heavy atom. The van der Waals surface area contributed by atoms with Gasteiger partial charge in [-0.3, -0.25) is 9.98 Å². The van der Waals surface area contributed by atoms with Crippen molar-refractivity contribution >= 4 is 35.0 Å². The highest BCUT2D eigenvalue weighted by molar-refractivity contribution is 6.43. The van der Waals surface area contributed by atoms with Crippen LogP contribution in [0.1, 0.15) is 366 Å². The minimum atomic E-state index is 0.881. The van der Waals surface area contributed by atoms with Crippen molar-refractivity contribution in [3.8, 4) is 0 Å². The number of allylic oxidation sites excluding steroid dienone is 2. The lowest BCUT2D eigenvalue weighted by molar-refractivity contribution is 0.519. The number of unbranched alkanes of at least 4 members (excludes halogenated alkanes) is 46. The summed E-state index contributed by atoms with van der Waals surface area (Å²) in [6.07, 6.45) is 80.5. The second kappa shape index (κ2) is 54.6. The van der Waals surface area contributed by atoms with Gasteiger partial charge in [0.1, 0.15) is 0 Å². The highest BCUT2D eigenvalue weighted by atomic mass is 14.8. The number of benzene rings is 2. The molecule has 2 aromatic rings. The van der Waals surface area contributed by atoms with Crippen LogP contribution in [0.15, 0.2) is 70.7 Å². The van der Waals surface area contributed by atoms with Crippen LogP contribution in [0.5, 0.6) is 0 Å². The van der Waals surface area contributed by atoms with Crippen LogP contribution in [0.25, 0.3) is 12.2 Å². The molecule has 0 aliphatic rings. The lowest BCUT2D eigenvalue weighted by Gasteiger charge is -2.10. The van der Waals surface area contributed by atoms with Crippen molar-refractivity contribution in [1.29, 1.82) is 0 Å². The smallest absolute Gasteiger partial charge is 0.0634 e. The lowest BCUT2D eigenvalue weighted by atomic mass is 10.0. The molecule has 0 spiro atoms. The largest absolute Gasteiger partial charge is 0.252 e. The van der Waals surface area contributed by atoms with Gasteiger partial charge in [-0.2, -0.15) is 0 Å². The van der Waals surface area contributed by atoms with E-state index in [-0.39, 0.29) is 0 Å². The average Bonchev–Trinajstić information content (AvgIpc) is 3.43. The Kier molecular flexibility index (Phi) is 49.8. The maximum atomic E-state index is 5.22. The number of aliphatic imine (C=N–C) groups is 2. The van der Waals surface area contributed by atoms with E-state index in [0.29, 0.717) is 0 Å². The van der Waals surface area contributed by atoms with Gasteiger partial charge in [0.25, 0.3) is 0 Å². The molecule has 2 rings (SSSR count). The molecule has 2 aromatic carbocycles. The molecule has 2 nitrogen and oxygen atoms in total. The van der Waals surface area contributed by atoms with Crippen molar-refractivity contribution < 1.29 is 0 Å². The molecule has 0 radical (unpaired) electrons. The Morgan fingerprint density at radius 2 is 0.493 bits per heavy atom. The predicted octanol–water partition coefficient (Wildman–Crippen LogP) is 26.5. The quantitative estimate of drug-likeness (QED) is 0.0466. The first-order chi connectivity index (χ1) is 37.2. The topological polar surface area (TPSA) is 24.7 Å². The van der Waals surface area contributed by atoms with Crippen molar-refractivity contribution in [2.45, 2.75) is 355 Å². The summed E-state index contributed by atoms with van der Waals surface area (Å²) >= 11 is 0. The summed E-state index contributed by atoms with van der Waals surface area (Å²) in [5.74, 6) is 0. The van der Waals surface area contributed by atoms with Crippen LogP contribution in [-0.4, -0.2) is 11.4 Å². The number of hydrogen-bond donors (Lipinski definition) is 0. The van der Waals surface area contributed by atoms with Gasteiger partial charge in [-0.25, -0.2) is 0 Å². The van der Waals surface area contributed by atoms with Gasteiger partial charge in [0.15, 0.2) is 0 Å². The van der Waals surface area contributed by atoms with E-state index in [1.54, 1.807) is 0 Å². The molecular weight excluding hydrogens is 905 g/mol. The number of nitrogens with zero attached hydrogens (tertiary/aromatic N) is 2. The molecule has 0 aliphatic carbocycles. The van der Waals surface area contributed by atoms with Crippen molar-refractivity contribution in [1.82, 2.24) is 0 Å². The monoisotopic (exact) mass is 1030 g/mol. The maximum Gasteiger partial charge on any atom is 0.0634 e. The fourth-order valence-electron chi connectivity index (χ4n) is 11.0. The minimum absolute atomic E-state index is 0.881. The van der Waals surface area contributed by atoms with E-state index in [9.17, 15) is 0 Å². The molecular formula is C73H126N2. The van der Waals surface area contributed by atoms with Crippen LogP contribution < -0.4 is 0 Å². The molecule has 0 aromatic heterocycles. The van der Waals surface area contributed by atoms with Gasteiger partial charge in [0.05, 0.1) is 22.8 Å². The van der Waals surface area contributed by atoms with E-state index in [1.807, 2.05) is 0 Å². The molecule has 0 bridgehead atoms. The maximum absolute atomic E-state index is 5.22. The van der Waals surface area contributed by atoms with Crippen LogP contribution in [-0.2, 0) is 0 Å².